The Labute approximate surface area is 407 Å². The molecule has 0 unspecified atom stereocenters. The van der Waals surface area contributed by atoms with Gasteiger partial charge in [0.15, 0.2) is 0 Å². The summed E-state index contributed by atoms with van der Waals surface area (Å²) in [6.07, 6.45) is -10.3. The number of hydrogen-bond acceptors (Lipinski definition) is 3. The van der Waals surface area contributed by atoms with E-state index in [1.165, 1.54) is 12.1 Å². The summed E-state index contributed by atoms with van der Waals surface area (Å²) in [7, 11) is 0. The molecule has 0 fully saturated rings. The van der Waals surface area contributed by atoms with Crippen molar-refractivity contribution in [2.75, 3.05) is 0 Å². The number of nitrogens with zero attached hydrogens (tertiary/aromatic N) is 5. The van der Waals surface area contributed by atoms with Crippen molar-refractivity contribution in [2.24, 2.45) is 0 Å². The van der Waals surface area contributed by atoms with Crippen molar-refractivity contribution in [3.63, 3.8) is 0 Å². The largest absolute Gasteiger partial charge is 0.416 e. The van der Waals surface area contributed by atoms with Gasteiger partial charge in [0.25, 0.3) is 0 Å². The van der Waals surface area contributed by atoms with E-state index in [0.29, 0.717) is 44.6 Å². The van der Waals surface area contributed by atoms with E-state index in [-0.39, 0.29) is 34.1 Å². The van der Waals surface area contributed by atoms with Gasteiger partial charge in [-0.25, -0.2) is 9.97 Å². The van der Waals surface area contributed by atoms with Crippen LogP contribution in [0.4, 0.5) is 26.3 Å². The highest BCUT2D eigenvalue weighted by atomic mass is 19.4. The highest BCUT2D eigenvalue weighted by molar-refractivity contribution is 6.13. The first-order valence-corrected chi connectivity index (χ1v) is 22.9. The highest BCUT2D eigenvalue weighted by Crippen LogP contribution is 2.47. The molecule has 11 heteroatoms. The fraction of sp³-hybridized carbons (Fsp3) is 0.0328. The van der Waals surface area contributed by atoms with Crippen molar-refractivity contribution in [3.05, 3.63) is 229 Å². The number of halogens is 6. The minimum absolute atomic E-state index is 0.0279. The highest BCUT2D eigenvalue weighted by Gasteiger charge is 2.38. The number of para-hydroxylation sites is 2. The number of nitriles is 1. The molecule has 8 aromatic carbocycles. The van der Waals surface area contributed by atoms with E-state index in [1.807, 2.05) is 191 Å². The molecule has 4 heterocycles. The summed E-state index contributed by atoms with van der Waals surface area (Å²) in [5, 5.41) is 14.0. The predicted octanol–water partition coefficient (Wildman–Crippen LogP) is 16.9. The van der Waals surface area contributed by atoms with Crippen molar-refractivity contribution in [1.82, 2.24) is 19.1 Å². The molecule has 0 aliphatic rings. The molecule has 0 saturated carbocycles. The number of fused-ring (bicyclic) bond motifs is 6. The molecule has 0 atom stereocenters. The van der Waals surface area contributed by atoms with Crippen molar-refractivity contribution in [2.45, 2.75) is 12.4 Å². The summed E-state index contributed by atoms with van der Waals surface area (Å²) in [6, 6.07) is 64.4. The van der Waals surface area contributed by atoms with E-state index in [9.17, 15) is 5.26 Å². The van der Waals surface area contributed by atoms with E-state index < -0.39 is 23.5 Å². The SMILES string of the molecule is N#Cc1cc(-n2c3ccccc3c3ccc(-c4cccc(-c5ccccc5)n4)cc32)c(-c2cc(C(F)(F)F)cc(C(F)(F)F)c2)c(-n2c3ccccc3c3ccc(-c4cccc(-c5ccccc5)n4)cc32)c1. The lowest BCUT2D eigenvalue weighted by Gasteiger charge is -2.22. The van der Waals surface area contributed by atoms with Crippen LogP contribution in [-0.4, -0.2) is 19.1 Å². The molecular weight excluding hydrogens is 917 g/mol. The molecule has 346 valence electrons. The molecule has 0 aliphatic heterocycles. The van der Waals surface area contributed by atoms with Gasteiger partial charge in [0, 0.05) is 49.4 Å². The van der Waals surface area contributed by atoms with Crippen LogP contribution in [0.25, 0.3) is 111 Å². The zero-order valence-corrected chi connectivity index (χ0v) is 37.7. The van der Waals surface area contributed by atoms with Crippen molar-refractivity contribution in [1.29, 1.82) is 5.26 Å². The van der Waals surface area contributed by atoms with Gasteiger partial charge in [0.2, 0.25) is 0 Å². The summed E-state index contributed by atoms with van der Waals surface area (Å²) in [5.74, 6) is 0. The topological polar surface area (TPSA) is 59.4 Å². The summed E-state index contributed by atoms with van der Waals surface area (Å²) < 4.78 is 93.7. The molecule has 12 aromatic rings. The summed E-state index contributed by atoms with van der Waals surface area (Å²) >= 11 is 0. The van der Waals surface area contributed by atoms with E-state index >= 15 is 26.3 Å². The molecule has 0 aliphatic carbocycles. The van der Waals surface area contributed by atoms with Crippen LogP contribution in [-0.2, 0) is 12.4 Å². The lowest BCUT2D eigenvalue weighted by Crippen LogP contribution is -2.12. The third-order valence-electron chi connectivity index (χ3n) is 13.2. The van der Waals surface area contributed by atoms with Gasteiger partial charge in [-0.1, -0.05) is 133 Å². The lowest BCUT2D eigenvalue weighted by atomic mass is 9.94. The number of rotatable bonds is 7. The molecule has 0 amide bonds. The minimum atomic E-state index is -5.16. The third-order valence-corrected chi connectivity index (χ3v) is 13.2. The Morgan fingerprint density at radius 1 is 0.347 bits per heavy atom. The second-order valence-corrected chi connectivity index (χ2v) is 17.5. The van der Waals surface area contributed by atoms with Gasteiger partial charge in [0.05, 0.1) is 79.0 Å². The molecule has 0 bridgehead atoms. The first-order valence-electron chi connectivity index (χ1n) is 22.9. The monoisotopic (exact) mass is 951 g/mol. The summed E-state index contributed by atoms with van der Waals surface area (Å²) in [6.45, 7) is 0. The van der Waals surface area contributed by atoms with E-state index in [4.69, 9.17) is 9.97 Å². The average Bonchev–Trinajstić information content (AvgIpc) is 3.92. The van der Waals surface area contributed by atoms with Crippen LogP contribution in [0.2, 0.25) is 0 Å². The third kappa shape index (κ3) is 7.61. The molecule has 0 spiro atoms. The average molecular weight is 952 g/mol. The van der Waals surface area contributed by atoms with Gasteiger partial charge >= 0.3 is 12.4 Å². The maximum atomic E-state index is 15.0. The number of benzene rings is 8. The molecule has 0 radical (unpaired) electrons. The van der Waals surface area contributed by atoms with Crippen LogP contribution in [0.15, 0.2) is 212 Å². The summed E-state index contributed by atoms with van der Waals surface area (Å²) in [4.78, 5) is 10.0. The van der Waals surface area contributed by atoms with Crippen LogP contribution in [0, 0.1) is 11.3 Å². The Morgan fingerprint density at radius 3 is 1.15 bits per heavy atom. The van der Waals surface area contributed by atoms with Gasteiger partial charge in [-0.05, 0) is 84.4 Å². The van der Waals surface area contributed by atoms with Crippen LogP contribution in [0.5, 0.6) is 0 Å². The molecule has 5 nitrogen and oxygen atoms in total. The first-order chi connectivity index (χ1) is 34.9. The Kier molecular flexibility index (Phi) is 10.4. The maximum absolute atomic E-state index is 15.0. The lowest BCUT2D eigenvalue weighted by molar-refractivity contribution is -0.143. The van der Waals surface area contributed by atoms with Gasteiger partial charge in [-0.2, -0.15) is 31.6 Å². The fourth-order valence-electron chi connectivity index (χ4n) is 9.93. The molecule has 0 N–H and O–H groups in total. The van der Waals surface area contributed by atoms with Crippen LogP contribution in [0.3, 0.4) is 0 Å². The van der Waals surface area contributed by atoms with E-state index in [2.05, 4.69) is 6.07 Å². The predicted molar refractivity (Wildman–Crippen MR) is 273 cm³/mol. The molecule has 12 rings (SSSR count). The van der Waals surface area contributed by atoms with Crippen LogP contribution < -0.4 is 0 Å². The van der Waals surface area contributed by atoms with Crippen LogP contribution in [0.1, 0.15) is 16.7 Å². The maximum Gasteiger partial charge on any atom is 0.416 e. The van der Waals surface area contributed by atoms with Gasteiger partial charge < -0.3 is 9.13 Å². The molecule has 72 heavy (non-hydrogen) atoms. The summed E-state index contributed by atoms with van der Waals surface area (Å²) in [5.41, 5.74) is 5.58. The molecule has 4 aromatic heterocycles. The molecule has 0 saturated heterocycles. The van der Waals surface area contributed by atoms with Crippen molar-refractivity contribution in [3.8, 4) is 73.6 Å². The van der Waals surface area contributed by atoms with E-state index in [1.54, 1.807) is 0 Å². The fourth-order valence-corrected chi connectivity index (χ4v) is 9.93. The Morgan fingerprint density at radius 2 is 0.736 bits per heavy atom. The standard InChI is InChI=1S/C61H35F6N5/c62-60(63,64)43-31-42(32-44(35-43)61(65,66)67)59-57(71-53-23-9-7-17-45(53)47-27-25-40(33-55(47)71)51-21-11-19-49(69-51)38-13-3-1-4-14-38)29-37(36-68)30-58(59)72-54-24-10-8-18-46(54)48-28-26-41(34-56(48)72)52-22-12-20-50(70-52)39-15-5-2-6-16-39/h1-35H. The van der Waals surface area contributed by atoms with Crippen molar-refractivity contribution < 1.29 is 26.3 Å². The van der Waals surface area contributed by atoms with Crippen LogP contribution >= 0.6 is 0 Å². The molecular formula is C61H35F6N5. The Bertz CT molecular complexity index is 3890. The number of pyridine rings is 2. The number of alkyl halides is 6. The second-order valence-electron chi connectivity index (χ2n) is 17.5. The van der Waals surface area contributed by atoms with Crippen molar-refractivity contribution >= 4 is 43.6 Å². The van der Waals surface area contributed by atoms with E-state index in [0.717, 1.165) is 56.2 Å². The van der Waals surface area contributed by atoms with Gasteiger partial charge in [-0.15, -0.1) is 0 Å². The number of aromatic nitrogens is 4. The normalized spacial score (nSPS) is 12.0. The Balaban J connectivity index is 1.20. The Hall–Kier alpha value is -9.27. The first kappa shape index (κ1) is 44.0. The van der Waals surface area contributed by atoms with Gasteiger partial charge in [0.1, 0.15) is 0 Å². The second kappa shape index (κ2) is 17.0. The zero-order chi connectivity index (χ0) is 49.3. The van der Waals surface area contributed by atoms with Gasteiger partial charge in [-0.3, -0.25) is 0 Å². The quantitative estimate of drug-likeness (QED) is 0.150. The smallest absolute Gasteiger partial charge is 0.308 e. The minimum Gasteiger partial charge on any atom is -0.308 e. The number of hydrogen-bond donors (Lipinski definition) is 0. The zero-order valence-electron chi connectivity index (χ0n) is 37.7.